The van der Waals surface area contributed by atoms with Crippen molar-refractivity contribution in [3.05, 3.63) is 54.1 Å². The summed E-state index contributed by atoms with van der Waals surface area (Å²) in [5, 5.41) is 3.98. The molecular formula is C12H11FN4S. The lowest BCUT2D eigenvalue weighted by Gasteiger charge is -2.05. The van der Waals surface area contributed by atoms with Crippen molar-refractivity contribution in [1.29, 1.82) is 0 Å². The third-order valence-corrected chi connectivity index (χ3v) is 2.35. The molecule has 0 saturated carbocycles. The van der Waals surface area contributed by atoms with Crippen LogP contribution in [0.2, 0.25) is 0 Å². The lowest BCUT2D eigenvalue weighted by molar-refractivity contribution is 0.627. The average molecular weight is 262 g/mol. The largest absolute Gasteiger partial charge is 0.375 e. The minimum Gasteiger partial charge on any atom is -0.375 e. The molecule has 1 heterocycles. The topological polar surface area (TPSA) is 55.3 Å². The second-order valence-corrected chi connectivity index (χ2v) is 3.95. The highest BCUT2D eigenvalue weighted by Gasteiger charge is 2.01. The maximum atomic E-state index is 12.8. The van der Waals surface area contributed by atoms with Crippen molar-refractivity contribution in [2.24, 2.45) is 10.8 Å². The molecule has 0 saturated heterocycles. The zero-order valence-corrected chi connectivity index (χ0v) is 10.2. The average Bonchev–Trinajstić information content (AvgIpc) is 2.78. The summed E-state index contributed by atoms with van der Waals surface area (Å²) in [6.45, 7) is 0. The molecule has 0 radical (unpaired) electrons. The van der Waals surface area contributed by atoms with Gasteiger partial charge in [-0.15, -0.1) is 0 Å². The van der Waals surface area contributed by atoms with Crippen molar-refractivity contribution in [1.82, 2.24) is 9.99 Å². The van der Waals surface area contributed by atoms with Gasteiger partial charge in [-0.05, 0) is 48.6 Å². The molecule has 2 rings (SSSR count). The maximum Gasteiger partial charge on any atom is 0.184 e. The fraction of sp³-hybridized carbons (Fsp3) is 0. The molecule has 3 N–H and O–H groups in total. The molecule has 0 atom stereocenters. The molecule has 4 nitrogen and oxygen atoms in total. The van der Waals surface area contributed by atoms with Crippen LogP contribution in [-0.4, -0.2) is 15.9 Å². The Labute approximate surface area is 109 Å². The number of hydrazone groups is 1. The van der Waals surface area contributed by atoms with Crippen LogP contribution in [0.5, 0.6) is 0 Å². The smallest absolute Gasteiger partial charge is 0.184 e. The quantitative estimate of drug-likeness (QED) is 0.503. The van der Waals surface area contributed by atoms with Gasteiger partial charge in [0.25, 0.3) is 0 Å². The SMILES string of the molecule is NC(=S)N/N=C/c1cccn1-c1ccc(F)cc1. The van der Waals surface area contributed by atoms with E-state index < -0.39 is 0 Å². The van der Waals surface area contributed by atoms with Crippen LogP contribution >= 0.6 is 12.2 Å². The van der Waals surface area contributed by atoms with Crippen LogP contribution in [0.3, 0.4) is 0 Å². The van der Waals surface area contributed by atoms with Crippen LogP contribution in [-0.2, 0) is 0 Å². The number of nitrogens with two attached hydrogens (primary N) is 1. The van der Waals surface area contributed by atoms with Gasteiger partial charge in [-0.3, -0.25) is 5.43 Å². The normalized spacial score (nSPS) is 10.7. The molecule has 0 amide bonds. The zero-order valence-electron chi connectivity index (χ0n) is 9.38. The first kappa shape index (κ1) is 12.3. The third kappa shape index (κ3) is 2.92. The number of halogens is 1. The van der Waals surface area contributed by atoms with Crippen LogP contribution in [0.1, 0.15) is 5.69 Å². The third-order valence-electron chi connectivity index (χ3n) is 2.26. The molecule has 0 aliphatic carbocycles. The van der Waals surface area contributed by atoms with E-state index in [0.29, 0.717) is 0 Å². The maximum absolute atomic E-state index is 12.8. The molecule has 0 aliphatic heterocycles. The first-order valence-electron chi connectivity index (χ1n) is 5.18. The predicted octanol–water partition coefficient (Wildman–Crippen LogP) is 1.78. The van der Waals surface area contributed by atoms with Gasteiger partial charge >= 0.3 is 0 Å². The molecule has 2 aromatic rings. The van der Waals surface area contributed by atoms with E-state index in [9.17, 15) is 4.39 Å². The van der Waals surface area contributed by atoms with Crippen molar-refractivity contribution in [2.45, 2.75) is 0 Å². The number of benzene rings is 1. The van der Waals surface area contributed by atoms with Gasteiger partial charge in [-0.25, -0.2) is 4.39 Å². The fourth-order valence-electron chi connectivity index (χ4n) is 1.50. The first-order valence-corrected chi connectivity index (χ1v) is 5.59. The van der Waals surface area contributed by atoms with Crippen molar-refractivity contribution in [3.63, 3.8) is 0 Å². The Morgan fingerprint density at radius 3 is 2.72 bits per heavy atom. The molecule has 18 heavy (non-hydrogen) atoms. The molecule has 1 aromatic heterocycles. The Bertz CT molecular complexity index is 574. The van der Waals surface area contributed by atoms with E-state index in [0.717, 1.165) is 11.4 Å². The van der Waals surface area contributed by atoms with E-state index in [1.807, 2.05) is 22.9 Å². The van der Waals surface area contributed by atoms with Crippen LogP contribution < -0.4 is 11.2 Å². The molecule has 0 spiro atoms. The monoisotopic (exact) mass is 262 g/mol. The molecular weight excluding hydrogens is 251 g/mol. The Kier molecular flexibility index (Phi) is 3.69. The van der Waals surface area contributed by atoms with Crippen LogP contribution in [0.15, 0.2) is 47.7 Å². The summed E-state index contributed by atoms with van der Waals surface area (Å²) in [6.07, 6.45) is 3.44. The number of aromatic nitrogens is 1. The lowest BCUT2D eigenvalue weighted by atomic mass is 10.3. The fourth-order valence-corrected chi connectivity index (χ4v) is 1.55. The van der Waals surface area contributed by atoms with Crippen molar-refractivity contribution < 1.29 is 4.39 Å². The van der Waals surface area contributed by atoms with Crippen LogP contribution in [0, 0.1) is 5.82 Å². The highest BCUT2D eigenvalue weighted by atomic mass is 32.1. The van der Waals surface area contributed by atoms with E-state index in [1.54, 1.807) is 18.3 Å². The number of thiocarbonyl (C=S) groups is 1. The van der Waals surface area contributed by atoms with Gasteiger partial charge in [-0.1, -0.05) is 0 Å². The molecule has 0 aliphatic rings. The van der Waals surface area contributed by atoms with E-state index in [4.69, 9.17) is 5.73 Å². The highest BCUT2D eigenvalue weighted by Crippen LogP contribution is 2.12. The van der Waals surface area contributed by atoms with Gasteiger partial charge in [-0.2, -0.15) is 5.10 Å². The van der Waals surface area contributed by atoms with Crippen molar-refractivity contribution in [3.8, 4) is 5.69 Å². The summed E-state index contributed by atoms with van der Waals surface area (Å²) >= 11 is 4.64. The van der Waals surface area contributed by atoms with E-state index in [1.165, 1.54) is 12.1 Å². The van der Waals surface area contributed by atoms with Gasteiger partial charge < -0.3 is 10.3 Å². The van der Waals surface area contributed by atoms with E-state index >= 15 is 0 Å². The van der Waals surface area contributed by atoms with Gasteiger partial charge in [0.2, 0.25) is 0 Å². The highest BCUT2D eigenvalue weighted by molar-refractivity contribution is 7.80. The number of nitrogens with one attached hydrogen (secondary N) is 1. The van der Waals surface area contributed by atoms with Crippen molar-refractivity contribution >= 4 is 23.5 Å². The summed E-state index contributed by atoms with van der Waals surface area (Å²) in [7, 11) is 0. The molecule has 0 unspecified atom stereocenters. The predicted molar refractivity (Wildman–Crippen MR) is 73.2 cm³/mol. The summed E-state index contributed by atoms with van der Waals surface area (Å²) in [5.74, 6) is -0.267. The second-order valence-electron chi connectivity index (χ2n) is 3.51. The van der Waals surface area contributed by atoms with Crippen LogP contribution in [0.25, 0.3) is 5.69 Å². The van der Waals surface area contributed by atoms with Gasteiger partial charge in [0, 0.05) is 11.9 Å². The Hall–Kier alpha value is -2.21. The minimum atomic E-state index is -0.267. The zero-order chi connectivity index (χ0) is 13.0. The lowest BCUT2D eigenvalue weighted by Crippen LogP contribution is -2.24. The summed E-state index contributed by atoms with van der Waals surface area (Å²) in [4.78, 5) is 0. The van der Waals surface area contributed by atoms with Gasteiger partial charge in [0.15, 0.2) is 5.11 Å². The Balaban J connectivity index is 2.24. The van der Waals surface area contributed by atoms with Crippen LogP contribution in [0.4, 0.5) is 4.39 Å². The minimum absolute atomic E-state index is 0.103. The number of nitrogens with zero attached hydrogens (tertiary/aromatic N) is 2. The molecule has 6 heteroatoms. The number of hydrogen-bond donors (Lipinski definition) is 2. The number of rotatable bonds is 3. The summed E-state index contributed by atoms with van der Waals surface area (Å²) in [5.41, 5.74) is 9.40. The summed E-state index contributed by atoms with van der Waals surface area (Å²) < 4.78 is 14.7. The first-order chi connectivity index (χ1) is 8.66. The number of hydrogen-bond acceptors (Lipinski definition) is 2. The standard InChI is InChI=1S/C12H11FN4S/c13-9-3-5-10(6-4-9)17-7-1-2-11(17)8-15-16-12(14)18/h1-8H,(H3,14,16,18)/b15-8+. The van der Waals surface area contributed by atoms with E-state index in [-0.39, 0.29) is 10.9 Å². The summed E-state index contributed by atoms with van der Waals surface area (Å²) in [6, 6.07) is 9.92. The van der Waals surface area contributed by atoms with E-state index in [2.05, 4.69) is 22.7 Å². The van der Waals surface area contributed by atoms with Gasteiger partial charge in [0.05, 0.1) is 11.9 Å². The molecule has 92 valence electrons. The second kappa shape index (κ2) is 5.42. The molecule has 0 fully saturated rings. The van der Waals surface area contributed by atoms with Crippen molar-refractivity contribution in [2.75, 3.05) is 0 Å². The Morgan fingerprint density at radius 2 is 2.06 bits per heavy atom. The Morgan fingerprint density at radius 1 is 1.33 bits per heavy atom. The molecule has 0 bridgehead atoms. The van der Waals surface area contributed by atoms with Gasteiger partial charge in [0.1, 0.15) is 5.82 Å². The molecule has 1 aromatic carbocycles.